The van der Waals surface area contributed by atoms with Gasteiger partial charge in [-0.05, 0) is 53.9 Å². The molecule has 0 radical (unpaired) electrons. The van der Waals surface area contributed by atoms with Crippen LogP contribution in [0.5, 0.6) is 0 Å². The SMILES string of the molecule is CC(=O)NC(Cc1ccc(NC(=O)Cc2ccc(NC(=O)Nc3ccccc3C)cc2)cc1)C(=O)O. The van der Waals surface area contributed by atoms with Crippen LogP contribution in [0.15, 0.2) is 72.8 Å². The summed E-state index contributed by atoms with van der Waals surface area (Å²) in [4.78, 5) is 47.1. The number of para-hydroxylation sites is 1. The molecule has 9 heteroatoms. The average Bonchev–Trinajstić information content (AvgIpc) is 2.82. The molecule has 0 aliphatic carbocycles. The van der Waals surface area contributed by atoms with Gasteiger partial charge in [0.2, 0.25) is 11.8 Å². The number of hydrogen-bond donors (Lipinski definition) is 5. The fourth-order valence-corrected chi connectivity index (χ4v) is 3.50. The first-order valence-electron chi connectivity index (χ1n) is 11.3. The molecule has 5 N–H and O–H groups in total. The van der Waals surface area contributed by atoms with E-state index in [0.29, 0.717) is 16.9 Å². The average molecular weight is 489 g/mol. The van der Waals surface area contributed by atoms with Crippen molar-refractivity contribution < 1.29 is 24.3 Å². The normalized spacial score (nSPS) is 11.2. The van der Waals surface area contributed by atoms with E-state index in [1.54, 1.807) is 48.5 Å². The highest BCUT2D eigenvalue weighted by Gasteiger charge is 2.18. The molecule has 0 aromatic heterocycles. The lowest BCUT2D eigenvalue weighted by Crippen LogP contribution is -2.41. The molecule has 0 aliphatic rings. The third kappa shape index (κ3) is 7.98. The van der Waals surface area contributed by atoms with Gasteiger partial charge >= 0.3 is 12.0 Å². The molecule has 36 heavy (non-hydrogen) atoms. The van der Waals surface area contributed by atoms with E-state index in [9.17, 15) is 24.3 Å². The van der Waals surface area contributed by atoms with Gasteiger partial charge in [-0.3, -0.25) is 9.59 Å². The molecular weight excluding hydrogens is 460 g/mol. The summed E-state index contributed by atoms with van der Waals surface area (Å²) >= 11 is 0. The Labute approximate surface area is 208 Å². The Morgan fingerprint density at radius 3 is 1.94 bits per heavy atom. The van der Waals surface area contributed by atoms with E-state index < -0.39 is 17.9 Å². The monoisotopic (exact) mass is 488 g/mol. The maximum absolute atomic E-state index is 12.4. The van der Waals surface area contributed by atoms with Crippen molar-refractivity contribution in [3.63, 3.8) is 0 Å². The summed E-state index contributed by atoms with van der Waals surface area (Å²) in [6, 6.07) is 19.8. The molecule has 4 amide bonds. The van der Waals surface area contributed by atoms with Gasteiger partial charge in [0.1, 0.15) is 6.04 Å². The summed E-state index contributed by atoms with van der Waals surface area (Å²) in [7, 11) is 0. The molecular formula is C27H28N4O5. The van der Waals surface area contributed by atoms with Gasteiger partial charge in [0.15, 0.2) is 0 Å². The number of amides is 4. The summed E-state index contributed by atoms with van der Waals surface area (Å²) in [5.41, 5.74) is 4.34. The predicted octanol–water partition coefficient (Wildman–Crippen LogP) is 3.95. The Morgan fingerprint density at radius 1 is 0.778 bits per heavy atom. The van der Waals surface area contributed by atoms with Crippen molar-refractivity contribution in [2.45, 2.75) is 32.7 Å². The first kappa shape index (κ1) is 26.0. The smallest absolute Gasteiger partial charge is 0.326 e. The fraction of sp³-hybridized carbons (Fsp3) is 0.185. The van der Waals surface area contributed by atoms with Crippen molar-refractivity contribution in [3.05, 3.63) is 89.5 Å². The van der Waals surface area contributed by atoms with Crippen molar-refractivity contribution >= 4 is 40.9 Å². The molecule has 1 atom stereocenters. The van der Waals surface area contributed by atoms with Crippen molar-refractivity contribution in [3.8, 4) is 0 Å². The van der Waals surface area contributed by atoms with Crippen LogP contribution in [-0.2, 0) is 27.2 Å². The van der Waals surface area contributed by atoms with Crippen LogP contribution in [0.3, 0.4) is 0 Å². The molecule has 3 aromatic carbocycles. The largest absolute Gasteiger partial charge is 0.480 e. The van der Waals surface area contributed by atoms with E-state index in [0.717, 1.165) is 16.8 Å². The van der Waals surface area contributed by atoms with E-state index >= 15 is 0 Å². The second kappa shape index (κ2) is 12.2. The molecule has 0 saturated heterocycles. The number of urea groups is 1. The number of benzene rings is 3. The molecule has 186 valence electrons. The molecule has 0 heterocycles. The highest BCUT2D eigenvalue weighted by atomic mass is 16.4. The predicted molar refractivity (Wildman–Crippen MR) is 138 cm³/mol. The minimum Gasteiger partial charge on any atom is -0.480 e. The van der Waals surface area contributed by atoms with Crippen LogP contribution in [-0.4, -0.2) is 35.0 Å². The zero-order valence-electron chi connectivity index (χ0n) is 20.0. The standard InChI is InChI=1S/C27H28N4O5/c1-17-5-3-4-6-23(17)31-27(36)30-22-13-9-20(10-14-22)16-25(33)29-21-11-7-19(8-12-21)15-24(26(34)35)28-18(2)32/h3-14,24H,15-16H2,1-2H3,(H,28,32)(H,29,33)(H,34,35)(H2,30,31,36). The zero-order chi connectivity index (χ0) is 26.1. The van der Waals surface area contributed by atoms with E-state index in [-0.39, 0.29) is 24.8 Å². The number of carboxylic acids is 1. The molecule has 0 aliphatic heterocycles. The molecule has 0 saturated carbocycles. The molecule has 0 bridgehead atoms. The zero-order valence-corrected chi connectivity index (χ0v) is 20.0. The number of aryl methyl sites for hydroxylation is 1. The number of rotatable bonds is 9. The Bertz CT molecular complexity index is 1240. The van der Waals surface area contributed by atoms with Crippen LogP contribution in [0.1, 0.15) is 23.6 Å². The Hall–Kier alpha value is -4.66. The van der Waals surface area contributed by atoms with E-state index in [1.807, 2.05) is 31.2 Å². The third-order valence-electron chi connectivity index (χ3n) is 5.32. The summed E-state index contributed by atoms with van der Waals surface area (Å²) < 4.78 is 0. The number of anilines is 3. The van der Waals surface area contributed by atoms with E-state index in [2.05, 4.69) is 21.3 Å². The topological polar surface area (TPSA) is 137 Å². The van der Waals surface area contributed by atoms with Crippen LogP contribution in [0.25, 0.3) is 0 Å². The van der Waals surface area contributed by atoms with Crippen LogP contribution in [0.2, 0.25) is 0 Å². The van der Waals surface area contributed by atoms with Gasteiger partial charge in [0.05, 0.1) is 6.42 Å². The maximum atomic E-state index is 12.4. The Kier molecular flexibility index (Phi) is 8.77. The summed E-state index contributed by atoms with van der Waals surface area (Å²) in [6.45, 7) is 3.18. The number of carbonyl (C=O) groups is 4. The van der Waals surface area contributed by atoms with Gasteiger partial charge in [-0.2, -0.15) is 0 Å². The molecule has 1 unspecified atom stereocenters. The van der Waals surface area contributed by atoms with Crippen LogP contribution in [0, 0.1) is 6.92 Å². The Balaban J connectivity index is 1.49. The van der Waals surface area contributed by atoms with Crippen LogP contribution in [0.4, 0.5) is 21.9 Å². The molecule has 0 spiro atoms. The quantitative estimate of drug-likeness (QED) is 0.311. The lowest BCUT2D eigenvalue weighted by Gasteiger charge is -2.13. The van der Waals surface area contributed by atoms with Crippen molar-refractivity contribution in [1.29, 1.82) is 0 Å². The van der Waals surface area contributed by atoms with Crippen molar-refractivity contribution in [2.24, 2.45) is 0 Å². The second-order valence-corrected chi connectivity index (χ2v) is 8.31. The highest BCUT2D eigenvalue weighted by Crippen LogP contribution is 2.16. The lowest BCUT2D eigenvalue weighted by atomic mass is 10.1. The van der Waals surface area contributed by atoms with Gasteiger partial charge < -0.3 is 26.4 Å². The van der Waals surface area contributed by atoms with Gasteiger partial charge in [0.25, 0.3) is 0 Å². The molecule has 3 rings (SSSR count). The number of nitrogens with one attached hydrogen (secondary N) is 4. The summed E-state index contributed by atoms with van der Waals surface area (Å²) in [5, 5.41) is 20.0. The number of hydrogen-bond acceptors (Lipinski definition) is 4. The summed E-state index contributed by atoms with van der Waals surface area (Å²) in [6.07, 6.45) is 0.271. The first-order valence-corrected chi connectivity index (χ1v) is 11.3. The number of carboxylic acid groups (broad SMARTS) is 1. The minimum absolute atomic E-state index is 0.131. The van der Waals surface area contributed by atoms with E-state index in [1.165, 1.54) is 6.92 Å². The highest BCUT2D eigenvalue weighted by molar-refractivity contribution is 6.00. The fourth-order valence-electron chi connectivity index (χ4n) is 3.50. The van der Waals surface area contributed by atoms with Crippen LogP contribution >= 0.6 is 0 Å². The van der Waals surface area contributed by atoms with Gasteiger partial charge in [0, 0.05) is 30.4 Å². The van der Waals surface area contributed by atoms with Crippen LogP contribution < -0.4 is 21.3 Å². The Morgan fingerprint density at radius 2 is 1.36 bits per heavy atom. The number of carbonyl (C=O) groups excluding carboxylic acids is 3. The second-order valence-electron chi connectivity index (χ2n) is 8.31. The molecule has 0 fully saturated rings. The first-order chi connectivity index (χ1) is 17.2. The maximum Gasteiger partial charge on any atom is 0.326 e. The number of aliphatic carboxylic acids is 1. The van der Waals surface area contributed by atoms with Gasteiger partial charge in [-0.15, -0.1) is 0 Å². The van der Waals surface area contributed by atoms with E-state index in [4.69, 9.17) is 0 Å². The van der Waals surface area contributed by atoms with Crippen molar-refractivity contribution in [2.75, 3.05) is 16.0 Å². The molecule has 3 aromatic rings. The van der Waals surface area contributed by atoms with Crippen molar-refractivity contribution in [1.82, 2.24) is 5.32 Å². The minimum atomic E-state index is -1.12. The summed E-state index contributed by atoms with van der Waals surface area (Å²) in [5.74, 6) is -1.75. The lowest BCUT2D eigenvalue weighted by molar-refractivity contribution is -0.141. The molecule has 9 nitrogen and oxygen atoms in total. The van der Waals surface area contributed by atoms with Gasteiger partial charge in [-0.25, -0.2) is 9.59 Å². The third-order valence-corrected chi connectivity index (χ3v) is 5.32. The van der Waals surface area contributed by atoms with Gasteiger partial charge in [-0.1, -0.05) is 42.5 Å².